The summed E-state index contributed by atoms with van der Waals surface area (Å²) in [6, 6.07) is 6.36. The van der Waals surface area contributed by atoms with Crippen molar-refractivity contribution >= 4 is 11.6 Å². The van der Waals surface area contributed by atoms with Gasteiger partial charge in [0.15, 0.2) is 0 Å². The maximum Gasteiger partial charge on any atom is 0.128 e. The summed E-state index contributed by atoms with van der Waals surface area (Å²) in [6.45, 7) is 9.47. The van der Waals surface area contributed by atoms with E-state index in [9.17, 15) is 0 Å². The molecule has 1 aromatic rings. The van der Waals surface area contributed by atoms with Gasteiger partial charge in [-0.15, -0.1) is 0 Å². The van der Waals surface area contributed by atoms with Gasteiger partial charge in [0, 0.05) is 10.6 Å². The molecule has 2 nitrogen and oxygen atoms in total. The fourth-order valence-corrected chi connectivity index (χ4v) is 1.69. The molecule has 0 spiro atoms. The number of hydrogen-bond acceptors (Lipinski definition) is 1. The molecule has 0 aromatic heterocycles. The topological polar surface area (TPSA) is 25.8 Å². The predicted molar refractivity (Wildman–Crippen MR) is 72.5 cm³/mol. The van der Waals surface area contributed by atoms with E-state index in [2.05, 4.69) is 25.7 Å². The normalized spacial score (nSPS) is 12.2. The van der Waals surface area contributed by atoms with Crippen LogP contribution in [-0.4, -0.2) is 12.6 Å². The van der Waals surface area contributed by atoms with Gasteiger partial charge in [0.25, 0.3) is 0 Å². The maximum absolute atomic E-state index is 6.01. The molecule has 1 atom stereocenters. The summed E-state index contributed by atoms with van der Waals surface area (Å²) in [5.41, 5.74) is 1.14. The highest BCUT2D eigenvalue weighted by molar-refractivity contribution is 6.30. The Morgan fingerprint density at radius 3 is 2.94 bits per heavy atom. The van der Waals surface area contributed by atoms with Gasteiger partial charge in [-0.05, 0) is 31.5 Å². The minimum absolute atomic E-state index is 0.526. The molecular weight excluding hydrogens is 234 g/mol. The highest BCUT2D eigenvalue weighted by atomic mass is 35.5. The molecule has 0 aliphatic carbocycles. The smallest absolute Gasteiger partial charge is 0.128 e. The zero-order valence-corrected chi connectivity index (χ0v) is 11.3. The number of benzene rings is 1. The quantitative estimate of drug-likeness (QED) is 0.744. The van der Waals surface area contributed by atoms with Crippen molar-refractivity contribution in [2.45, 2.75) is 32.9 Å². The SMILES string of the molecule is C=CCOc1ccc(Cl)cc1C[NH2+][C@H](C)CC. The van der Waals surface area contributed by atoms with Crippen LogP contribution in [0.2, 0.25) is 5.02 Å². The van der Waals surface area contributed by atoms with Crippen LogP contribution in [0.5, 0.6) is 5.75 Å². The van der Waals surface area contributed by atoms with Crippen LogP contribution < -0.4 is 10.1 Å². The summed E-state index contributed by atoms with van der Waals surface area (Å²) in [7, 11) is 0. The molecule has 0 amide bonds. The Hall–Kier alpha value is -0.990. The van der Waals surface area contributed by atoms with Gasteiger partial charge in [0.2, 0.25) is 0 Å². The van der Waals surface area contributed by atoms with Gasteiger partial charge in [-0.3, -0.25) is 0 Å². The highest BCUT2D eigenvalue weighted by Crippen LogP contribution is 2.22. The lowest BCUT2D eigenvalue weighted by Crippen LogP contribution is -2.87. The molecule has 94 valence electrons. The second-order valence-corrected chi connectivity index (χ2v) is 4.61. The Morgan fingerprint density at radius 2 is 2.29 bits per heavy atom. The lowest BCUT2D eigenvalue weighted by Gasteiger charge is -2.12. The van der Waals surface area contributed by atoms with Gasteiger partial charge in [0.1, 0.15) is 18.9 Å². The molecule has 3 heteroatoms. The predicted octanol–water partition coefficient (Wildman–Crippen LogP) is 2.77. The molecule has 0 saturated heterocycles. The second kappa shape index (κ2) is 7.36. The van der Waals surface area contributed by atoms with E-state index in [0.29, 0.717) is 12.6 Å². The van der Waals surface area contributed by atoms with E-state index in [1.165, 1.54) is 0 Å². The third-order valence-corrected chi connectivity index (χ3v) is 3.00. The lowest BCUT2D eigenvalue weighted by molar-refractivity contribution is -0.701. The van der Waals surface area contributed by atoms with Crippen LogP contribution in [0.25, 0.3) is 0 Å². The summed E-state index contributed by atoms with van der Waals surface area (Å²) < 4.78 is 5.61. The van der Waals surface area contributed by atoms with E-state index in [4.69, 9.17) is 16.3 Å². The zero-order chi connectivity index (χ0) is 12.7. The second-order valence-electron chi connectivity index (χ2n) is 4.18. The van der Waals surface area contributed by atoms with E-state index in [1.54, 1.807) is 6.08 Å². The van der Waals surface area contributed by atoms with Gasteiger partial charge in [0.05, 0.1) is 6.04 Å². The fraction of sp³-hybridized carbons (Fsp3) is 0.429. The minimum Gasteiger partial charge on any atom is -0.489 e. The number of ether oxygens (including phenoxy) is 1. The molecule has 1 rings (SSSR count). The number of quaternary nitrogens is 1. The Morgan fingerprint density at radius 1 is 1.53 bits per heavy atom. The zero-order valence-electron chi connectivity index (χ0n) is 10.6. The number of hydrogen-bond donors (Lipinski definition) is 1. The van der Waals surface area contributed by atoms with Crippen molar-refractivity contribution in [1.82, 2.24) is 0 Å². The number of rotatable bonds is 7. The van der Waals surface area contributed by atoms with E-state index in [0.717, 1.165) is 29.3 Å². The Bertz CT molecular complexity index is 365. The van der Waals surface area contributed by atoms with Gasteiger partial charge in [-0.2, -0.15) is 0 Å². The standard InChI is InChI=1S/C14H20ClNO/c1-4-8-17-14-7-6-13(15)9-12(14)10-16-11(3)5-2/h4,6-7,9,11,16H,1,5,8,10H2,2-3H3/p+1/t11-/m1/s1. The average Bonchev–Trinajstić information content (AvgIpc) is 2.34. The Kier molecular flexibility index (Phi) is 6.09. The molecule has 2 N–H and O–H groups in total. The molecule has 0 aliphatic rings. The molecule has 17 heavy (non-hydrogen) atoms. The van der Waals surface area contributed by atoms with Crippen LogP contribution >= 0.6 is 11.6 Å². The lowest BCUT2D eigenvalue weighted by atomic mass is 10.1. The van der Waals surface area contributed by atoms with Crippen molar-refractivity contribution in [3.63, 3.8) is 0 Å². The van der Waals surface area contributed by atoms with Gasteiger partial charge in [-0.25, -0.2) is 0 Å². The van der Waals surface area contributed by atoms with Crippen LogP contribution in [0.3, 0.4) is 0 Å². The van der Waals surface area contributed by atoms with Gasteiger partial charge < -0.3 is 10.1 Å². The molecule has 0 heterocycles. The van der Waals surface area contributed by atoms with Crippen molar-refractivity contribution in [3.8, 4) is 5.75 Å². The monoisotopic (exact) mass is 254 g/mol. The van der Waals surface area contributed by atoms with Gasteiger partial charge in [-0.1, -0.05) is 31.2 Å². The molecule has 0 unspecified atom stereocenters. The van der Waals surface area contributed by atoms with Crippen molar-refractivity contribution in [2.75, 3.05) is 6.61 Å². The van der Waals surface area contributed by atoms with E-state index < -0.39 is 0 Å². The fourth-order valence-electron chi connectivity index (χ4n) is 1.49. The van der Waals surface area contributed by atoms with E-state index in [-0.39, 0.29) is 0 Å². The van der Waals surface area contributed by atoms with Crippen molar-refractivity contribution in [1.29, 1.82) is 0 Å². The van der Waals surface area contributed by atoms with Crippen LogP contribution in [-0.2, 0) is 6.54 Å². The number of nitrogens with two attached hydrogens (primary N) is 1. The third-order valence-electron chi connectivity index (χ3n) is 2.76. The molecule has 0 bridgehead atoms. The summed E-state index contributed by atoms with van der Waals surface area (Å²) in [5.74, 6) is 0.897. The third kappa shape index (κ3) is 4.80. The average molecular weight is 255 g/mol. The van der Waals surface area contributed by atoms with Crippen LogP contribution in [0.4, 0.5) is 0 Å². The molecular formula is C14H21ClNO+. The molecule has 0 saturated carbocycles. The van der Waals surface area contributed by atoms with Crippen LogP contribution in [0.1, 0.15) is 25.8 Å². The first-order valence-electron chi connectivity index (χ1n) is 6.02. The summed E-state index contributed by atoms with van der Waals surface area (Å²) in [5, 5.41) is 3.05. The maximum atomic E-state index is 6.01. The largest absolute Gasteiger partial charge is 0.489 e. The highest BCUT2D eigenvalue weighted by Gasteiger charge is 2.08. The van der Waals surface area contributed by atoms with Crippen LogP contribution in [0, 0.1) is 0 Å². The van der Waals surface area contributed by atoms with Gasteiger partial charge >= 0.3 is 0 Å². The summed E-state index contributed by atoms with van der Waals surface area (Å²) in [6.07, 6.45) is 2.90. The first-order chi connectivity index (χ1) is 8.17. The van der Waals surface area contributed by atoms with Crippen molar-refractivity contribution < 1.29 is 10.1 Å². The Labute approximate surface area is 109 Å². The molecule has 0 aliphatic heterocycles. The van der Waals surface area contributed by atoms with Crippen molar-refractivity contribution in [3.05, 3.63) is 41.4 Å². The van der Waals surface area contributed by atoms with Crippen LogP contribution in [0.15, 0.2) is 30.9 Å². The number of halogens is 1. The first-order valence-corrected chi connectivity index (χ1v) is 6.40. The first kappa shape index (κ1) is 14.1. The molecule has 0 radical (unpaired) electrons. The van der Waals surface area contributed by atoms with E-state index >= 15 is 0 Å². The van der Waals surface area contributed by atoms with E-state index in [1.807, 2.05) is 18.2 Å². The summed E-state index contributed by atoms with van der Waals surface area (Å²) >= 11 is 6.01. The molecule has 1 aromatic carbocycles. The summed E-state index contributed by atoms with van der Waals surface area (Å²) in [4.78, 5) is 0. The Balaban J connectivity index is 2.72. The minimum atomic E-state index is 0.526. The van der Waals surface area contributed by atoms with Crippen molar-refractivity contribution in [2.24, 2.45) is 0 Å². The molecule has 0 fully saturated rings.